The van der Waals surface area contributed by atoms with E-state index < -0.39 is 0 Å². The van der Waals surface area contributed by atoms with Crippen LogP contribution in [0.3, 0.4) is 0 Å². The fourth-order valence-electron chi connectivity index (χ4n) is 0.725. The van der Waals surface area contributed by atoms with E-state index in [0.29, 0.717) is 13.2 Å². The van der Waals surface area contributed by atoms with Gasteiger partial charge in [0, 0.05) is 6.61 Å². The first-order valence-corrected chi connectivity index (χ1v) is 4.63. The summed E-state index contributed by atoms with van der Waals surface area (Å²) in [6.07, 6.45) is 2.31. The minimum Gasteiger partial charge on any atom is -0.379 e. The van der Waals surface area contributed by atoms with Crippen molar-refractivity contribution in [2.24, 2.45) is 0 Å². The largest absolute Gasteiger partial charge is 0.379 e. The predicted molar refractivity (Wildman–Crippen MR) is 51.1 cm³/mol. The van der Waals surface area contributed by atoms with Crippen LogP contribution >= 0.6 is 0 Å². The van der Waals surface area contributed by atoms with E-state index in [1.807, 2.05) is 13.8 Å². The van der Waals surface area contributed by atoms with Crippen molar-refractivity contribution in [2.75, 3.05) is 19.8 Å². The lowest BCUT2D eigenvalue weighted by atomic mass is 10.2. The van der Waals surface area contributed by atoms with Crippen molar-refractivity contribution in [3.8, 4) is 0 Å². The van der Waals surface area contributed by atoms with Crippen LogP contribution in [0.25, 0.3) is 0 Å². The molecular weight excluding hydrogens is 152 g/mol. The SMILES string of the molecule is [CH2]C(C)(C)OCCOCCCC. The first kappa shape index (κ1) is 11.9. The van der Waals surface area contributed by atoms with Gasteiger partial charge in [0.1, 0.15) is 0 Å². The molecule has 0 fully saturated rings. The minimum absolute atomic E-state index is 0.284. The van der Waals surface area contributed by atoms with Gasteiger partial charge in [0.05, 0.1) is 18.8 Å². The smallest absolute Gasteiger partial charge is 0.0707 e. The highest BCUT2D eigenvalue weighted by Gasteiger charge is 2.08. The third kappa shape index (κ3) is 9.92. The summed E-state index contributed by atoms with van der Waals surface area (Å²) in [5.41, 5.74) is -0.284. The fourth-order valence-corrected chi connectivity index (χ4v) is 0.725. The maximum Gasteiger partial charge on any atom is 0.0707 e. The Balaban J connectivity index is 3.01. The number of unbranched alkanes of at least 4 members (excludes halogenated alkanes) is 1. The first-order valence-electron chi connectivity index (χ1n) is 4.63. The third-order valence-electron chi connectivity index (χ3n) is 1.36. The molecule has 0 aliphatic rings. The lowest BCUT2D eigenvalue weighted by molar-refractivity contribution is -0.0204. The molecule has 0 N–H and O–H groups in total. The Bertz CT molecular complexity index is 94.5. The zero-order valence-corrected chi connectivity index (χ0v) is 8.56. The summed E-state index contributed by atoms with van der Waals surface area (Å²) in [6.45, 7) is 12.0. The van der Waals surface area contributed by atoms with E-state index in [4.69, 9.17) is 9.47 Å². The van der Waals surface area contributed by atoms with Gasteiger partial charge in [-0.3, -0.25) is 0 Å². The van der Waals surface area contributed by atoms with Crippen molar-refractivity contribution in [1.29, 1.82) is 0 Å². The molecule has 0 aliphatic heterocycles. The van der Waals surface area contributed by atoms with Gasteiger partial charge in [0.25, 0.3) is 0 Å². The molecule has 73 valence electrons. The molecule has 0 saturated carbocycles. The molecule has 0 spiro atoms. The molecule has 0 heterocycles. The van der Waals surface area contributed by atoms with Crippen molar-refractivity contribution in [2.45, 2.75) is 39.2 Å². The maximum absolute atomic E-state index is 5.37. The Labute approximate surface area is 76.3 Å². The molecule has 0 aromatic carbocycles. The van der Waals surface area contributed by atoms with Gasteiger partial charge in [-0.1, -0.05) is 13.3 Å². The molecule has 0 rings (SSSR count). The summed E-state index contributed by atoms with van der Waals surface area (Å²) in [5.74, 6) is 0. The second-order valence-electron chi connectivity index (χ2n) is 3.57. The second kappa shape index (κ2) is 6.44. The lowest BCUT2D eigenvalue weighted by Gasteiger charge is -2.19. The highest BCUT2D eigenvalue weighted by Crippen LogP contribution is 2.04. The number of rotatable bonds is 7. The van der Waals surface area contributed by atoms with Gasteiger partial charge < -0.3 is 9.47 Å². The molecule has 0 bridgehead atoms. The van der Waals surface area contributed by atoms with Gasteiger partial charge in [0.2, 0.25) is 0 Å². The number of hydrogen-bond donors (Lipinski definition) is 0. The van der Waals surface area contributed by atoms with Crippen molar-refractivity contribution in [3.63, 3.8) is 0 Å². The van der Waals surface area contributed by atoms with Crippen LogP contribution in [0.2, 0.25) is 0 Å². The second-order valence-corrected chi connectivity index (χ2v) is 3.57. The standard InChI is InChI=1S/C10H21O2/c1-5-6-7-11-8-9-12-10(2,3)4/h2,5-9H2,1,3-4H3. The van der Waals surface area contributed by atoms with Gasteiger partial charge in [-0.05, 0) is 27.2 Å². The van der Waals surface area contributed by atoms with E-state index in [9.17, 15) is 0 Å². The van der Waals surface area contributed by atoms with Crippen LogP contribution in [-0.2, 0) is 9.47 Å². The Kier molecular flexibility index (Phi) is 6.39. The summed E-state index contributed by atoms with van der Waals surface area (Å²) < 4.78 is 10.7. The van der Waals surface area contributed by atoms with Gasteiger partial charge in [0.15, 0.2) is 0 Å². The summed E-state index contributed by atoms with van der Waals surface area (Å²) >= 11 is 0. The summed E-state index contributed by atoms with van der Waals surface area (Å²) in [4.78, 5) is 0. The Morgan fingerprint density at radius 2 is 1.83 bits per heavy atom. The predicted octanol–water partition coefficient (Wildman–Crippen LogP) is 2.43. The van der Waals surface area contributed by atoms with Crippen LogP contribution in [-0.4, -0.2) is 25.4 Å². The van der Waals surface area contributed by atoms with Crippen LogP contribution in [0.1, 0.15) is 33.6 Å². The average Bonchev–Trinajstić information content (AvgIpc) is 1.94. The molecule has 12 heavy (non-hydrogen) atoms. The molecule has 2 nitrogen and oxygen atoms in total. The van der Waals surface area contributed by atoms with E-state index in [1.165, 1.54) is 6.42 Å². The molecule has 0 aliphatic carbocycles. The molecular formula is C10H21O2. The van der Waals surface area contributed by atoms with Crippen LogP contribution < -0.4 is 0 Å². The van der Waals surface area contributed by atoms with Gasteiger partial charge in [-0.25, -0.2) is 0 Å². The lowest BCUT2D eigenvalue weighted by Crippen LogP contribution is -2.22. The molecule has 0 unspecified atom stereocenters. The fraction of sp³-hybridized carbons (Fsp3) is 0.900. The van der Waals surface area contributed by atoms with E-state index >= 15 is 0 Å². The van der Waals surface area contributed by atoms with Crippen LogP contribution in [0.4, 0.5) is 0 Å². The maximum atomic E-state index is 5.37. The molecule has 1 radical (unpaired) electrons. The van der Waals surface area contributed by atoms with Crippen LogP contribution in [0.15, 0.2) is 0 Å². The number of ether oxygens (including phenoxy) is 2. The summed E-state index contributed by atoms with van der Waals surface area (Å²) in [5, 5.41) is 0. The van der Waals surface area contributed by atoms with Crippen molar-refractivity contribution >= 4 is 0 Å². The third-order valence-corrected chi connectivity index (χ3v) is 1.36. The molecule has 0 atom stereocenters. The topological polar surface area (TPSA) is 18.5 Å². The Hall–Kier alpha value is -0.0800. The van der Waals surface area contributed by atoms with E-state index in [2.05, 4.69) is 13.8 Å². The van der Waals surface area contributed by atoms with Gasteiger partial charge in [-0.15, -0.1) is 0 Å². The molecule has 0 aromatic heterocycles. The zero-order chi connectivity index (χ0) is 9.45. The number of hydrogen-bond acceptors (Lipinski definition) is 2. The molecule has 2 heteroatoms. The zero-order valence-electron chi connectivity index (χ0n) is 8.56. The monoisotopic (exact) mass is 173 g/mol. The van der Waals surface area contributed by atoms with E-state index in [-0.39, 0.29) is 5.60 Å². The summed E-state index contributed by atoms with van der Waals surface area (Å²) in [7, 11) is 0. The molecule has 0 saturated heterocycles. The highest BCUT2D eigenvalue weighted by atomic mass is 16.5. The first-order chi connectivity index (χ1) is 5.56. The van der Waals surface area contributed by atoms with Gasteiger partial charge >= 0.3 is 0 Å². The molecule has 0 amide bonds. The Morgan fingerprint density at radius 3 is 2.33 bits per heavy atom. The molecule has 0 aromatic rings. The van der Waals surface area contributed by atoms with Crippen molar-refractivity contribution < 1.29 is 9.47 Å². The van der Waals surface area contributed by atoms with Crippen molar-refractivity contribution in [3.05, 3.63) is 6.92 Å². The highest BCUT2D eigenvalue weighted by molar-refractivity contribution is 4.69. The van der Waals surface area contributed by atoms with Crippen LogP contribution in [0.5, 0.6) is 0 Å². The van der Waals surface area contributed by atoms with E-state index in [1.54, 1.807) is 0 Å². The Morgan fingerprint density at radius 1 is 1.17 bits per heavy atom. The minimum atomic E-state index is -0.284. The van der Waals surface area contributed by atoms with Crippen LogP contribution in [0, 0.1) is 6.92 Å². The quantitative estimate of drug-likeness (QED) is 0.550. The van der Waals surface area contributed by atoms with Gasteiger partial charge in [-0.2, -0.15) is 0 Å². The summed E-state index contributed by atoms with van der Waals surface area (Å²) in [6, 6.07) is 0. The normalized spacial score (nSPS) is 12.0. The average molecular weight is 173 g/mol. The van der Waals surface area contributed by atoms with E-state index in [0.717, 1.165) is 13.0 Å². The van der Waals surface area contributed by atoms with Crippen molar-refractivity contribution in [1.82, 2.24) is 0 Å².